The molecule has 14 heteroatoms. The van der Waals surface area contributed by atoms with Crippen molar-refractivity contribution >= 4 is 45.4 Å². The minimum Gasteiger partial charge on any atom is -0.494 e. The van der Waals surface area contributed by atoms with Gasteiger partial charge >= 0.3 is 23.9 Å². The van der Waals surface area contributed by atoms with E-state index in [2.05, 4.69) is 13.8 Å². The monoisotopic (exact) mass is 1310 g/mol. The van der Waals surface area contributed by atoms with Gasteiger partial charge in [0.1, 0.15) is 34.5 Å². The Balaban J connectivity index is 0.620. The van der Waals surface area contributed by atoms with Crippen LogP contribution in [0.3, 0.4) is 0 Å². The second kappa shape index (κ2) is 32.9. The van der Waals surface area contributed by atoms with Crippen molar-refractivity contribution in [2.24, 2.45) is 10.8 Å². The predicted octanol–water partition coefficient (Wildman–Crippen LogP) is 18.6. The summed E-state index contributed by atoms with van der Waals surface area (Å²) in [6.07, 6.45) is 10.4. The second-order valence-electron chi connectivity index (χ2n) is 25.5. The SMILES string of the molecule is CCC1(COCCCCCCOc2ccc(C(=O)Oc3ccc(-c4ccc(C(=O)Oc5cc(-c6c(OC(=O)c7ccc(-c8ccc(OC(=O)c9ccc(OCCCCCCOCC%10(CC)COC%10)cc9)cc8)cc7)ccc7ccccc67)c6ccccc6c5)cc4)cc3)cc2)COC1. The van der Waals surface area contributed by atoms with Crippen molar-refractivity contribution in [2.75, 3.05) is 66.1 Å². The maximum absolute atomic E-state index is 14.2. The van der Waals surface area contributed by atoms with Gasteiger partial charge in [0.2, 0.25) is 0 Å². The first-order valence-electron chi connectivity index (χ1n) is 34.1. The number of hydrogen-bond donors (Lipinski definition) is 0. The minimum atomic E-state index is -0.559. The fraction of sp³-hybridized carbons (Fsp3) is 0.286. The highest BCUT2D eigenvalue weighted by Gasteiger charge is 2.38. The standard InChI is InChI=1S/C84H82O14/c1-3-83(55-91-56-83)53-89-47-13-5-7-15-49-93-69-38-33-66(34-39-69)79(85)95-71-42-29-61(30-43-71)59-21-25-64(26-22-59)81(87)97-73-51-68-18-10-11-19-74(68)76(52-73)78-75-20-12-9-17-63(75)37-46-77(78)98-82(88)65-27-23-60(24-28-65)62-31-44-72(45-32-62)96-80(86)67-35-40-70(41-36-67)94-50-16-8-6-14-48-90-54-84(4-2)57-92-58-84/h9-12,17-46,51-52H,3-8,13-16,47-50,53-58H2,1-2H3. The Kier molecular flexibility index (Phi) is 22.8. The zero-order valence-corrected chi connectivity index (χ0v) is 55.6. The van der Waals surface area contributed by atoms with Gasteiger partial charge in [-0.15, -0.1) is 0 Å². The van der Waals surface area contributed by atoms with Crippen LogP contribution < -0.4 is 28.4 Å². The van der Waals surface area contributed by atoms with Crippen molar-refractivity contribution in [3.8, 4) is 67.9 Å². The lowest BCUT2D eigenvalue weighted by molar-refractivity contribution is -0.150. The van der Waals surface area contributed by atoms with Gasteiger partial charge in [-0.05, 0) is 216 Å². The summed E-state index contributed by atoms with van der Waals surface area (Å²) in [4.78, 5) is 54.4. The molecule has 2 aliphatic rings. The van der Waals surface area contributed by atoms with Gasteiger partial charge in [0, 0.05) is 29.6 Å². The molecule has 2 heterocycles. The van der Waals surface area contributed by atoms with Crippen LogP contribution in [-0.2, 0) is 18.9 Å². The summed E-state index contributed by atoms with van der Waals surface area (Å²) in [5.74, 6) is 0.738. The molecule has 0 bridgehead atoms. The maximum Gasteiger partial charge on any atom is 0.343 e. The normalized spacial score (nSPS) is 13.6. The molecule has 0 atom stereocenters. The number of fused-ring (bicyclic) bond motifs is 2. The van der Waals surface area contributed by atoms with Crippen molar-refractivity contribution in [3.05, 3.63) is 241 Å². The highest BCUT2D eigenvalue weighted by Crippen LogP contribution is 2.43. The zero-order valence-electron chi connectivity index (χ0n) is 55.6. The number of unbranched alkanes of at least 4 members (excludes halogenated alkanes) is 6. The van der Waals surface area contributed by atoms with E-state index in [-0.39, 0.29) is 10.8 Å². The summed E-state index contributed by atoms with van der Waals surface area (Å²) >= 11 is 0. The number of ether oxygens (including phenoxy) is 10. The van der Waals surface area contributed by atoms with Crippen molar-refractivity contribution < 1.29 is 66.5 Å². The van der Waals surface area contributed by atoms with Crippen molar-refractivity contribution in [1.82, 2.24) is 0 Å². The van der Waals surface area contributed by atoms with E-state index in [1.54, 1.807) is 103 Å². The Morgan fingerprint density at radius 1 is 0.347 bits per heavy atom. The molecule has 98 heavy (non-hydrogen) atoms. The summed E-state index contributed by atoms with van der Waals surface area (Å²) in [6, 6.07) is 65.6. The van der Waals surface area contributed by atoms with Gasteiger partial charge in [0.05, 0.1) is 75.1 Å². The maximum atomic E-state index is 14.2. The van der Waals surface area contributed by atoms with Gasteiger partial charge in [-0.3, -0.25) is 0 Å². The minimum absolute atomic E-state index is 0.224. The zero-order chi connectivity index (χ0) is 67.5. The average molecular weight is 1320 g/mol. The van der Waals surface area contributed by atoms with E-state index in [1.165, 1.54) is 0 Å². The molecule has 0 N–H and O–H groups in total. The first kappa shape index (κ1) is 68.0. The molecule has 0 aliphatic carbocycles. The molecule has 10 aromatic carbocycles. The molecule has 0 spiro atoms. The molecule has 502 valence electrons. The molecular weight excluding hydrogens is 1230 g/mol. The Bertz CT molecular complexity index is 4300. The highest BCUT2D eigenvalue weighted by atomic mass is 16.6. The number of hydrogen-bond acceptors (Lipinski definition) is 14. The van der Waals surface area contributed by atoms with Crippen LogP contribution in [0.15, 0.2) is 218 Å². The lowest BCUT2D eigenvalue weighted by Gasteiger charge is -2.40. The van der Waals surface area contributed by atoms with E-state index >= 15 is 0 Å². The molecule has 12 rings (SSSR count). The third kappa shape index (κ3) is 17.4. The summed E-state index contributed by atoms with van der Waals surface area (Å²) in [6.45, 7) is 11.9. The summed E-state index contributed by atoms with van der Waals surface area (Å²) in [7, 11) is 0. The number of rotatable bonds is 33. The van der Waals surface area contributed by atoms with Gasteiger partial charge in [-0.1, -0.05) is 130 Å². The van der Waals surface area contributed by atoms with E-state index in [0.29, 0.717) is 81.1 Å². The number of carbonyl (C=O) groups is 4. The van der Waals surface area contributed by atoms with E-state index in [4.69, 9.17) is 47.4 Å². The summed E-state index contributed by atoms with van der Waals surface area (Å²) in [5.41, 5.74) is 6.70. The van der Waals surface area contributed by atoms with E-state index in [9.17, 15) is 19.2 Å². The number of carbonyl (C=O) groups excluding carboxylic acids is 4. The average Bonchev–Trinajstić information content (AvgIpc) is 0.762. The predicted molar refractivity (Wildman–Crippen MR) is 380 cm³/mol. The van der Waals surface area contributed by atoms with Gasteiger partial charge < -0.3 is 47.4 Å². The molecule has 2 aliphatic heterocycles. The molecule has 0 radical (unpaired) electrons. The molecule has 0 aromatic heterocycles. The first-order chi connectivity index (χ1) is 48.0. The number of benzene rings is 10. The Hall–Kier alpha value is -9.96. The molecule has 2 saturated heterocycles. The Labute approximate surface area is 572 Å². The van der Waals surface area contributed by atoms with Crippen LogP contribution in [0.25, 0.3) is 54.9 Å². The van der Waals surface area contributed by atoms with Crippen LogP contribution in [0.2, 0.25) is 0 Å². The second-order valence-corrected chi connectivity index (χ2v) is 25.5. The van der Waals surface area contributed by atoms with E-state index < -0.39 is 23.9 Å². The van der Waals surface area contributed by atoms with Crippen LogP contribution in [0.4, 0.5) is 0 Å². The van der Waals surface area contributed by atoms with Gasteiger partial charge in [0.25, 0.3) is 0 Å². The van der Waals surface area contributed by atoms with Gasteiger partial charge in [-0.25, -0.2) is 19.2 Å². The van der Waals surface area contributed by atoms with Gasteiger partial charge in [-0.2, -0.15) is 0 Å². The summed E-state index contributed by atoms with van der Waals surface area (Å²) in [5, 5.41) is 3.43. The smallest absolute Gasteiger partial charge is 0.343 e. The Morgan fingerprint density at radius 3 is 1.14 bits per heavy atom. The first-order valence-corrected chi connectivity index (χ1v) is 34.1. The highest BCUT2D eigenvalue weighted by molar-refractivity contribution is 6.09. The lowest BCUT2D eigenvalue weighted by atomic mass is 9.84. The summed E-state index contributed by atoms with van der Waals surface area (Å²) < 4.78 is 58.4. The van der Waals surface area contributed by atoms with Crippen LogP contribution in [-0.4, -0.2) is 89.9 Å². The van der Waals surface area contributed by atoms with Crippen molar-refractivity contribution in [3.63, 3.8) is 0 Å². The topological polar surface area (TPSA) is 161 Å². The molecule has 0 unspecified atom stereocenters. The molecule has 0 amide bonds. The lowest BCUT2D eigenvalue weighted by Crippen LogP contribution is -2.45. The van der Waals surface area contributed by atoms with Crippen LogP contribution in [0.5, 0.6) is 34.5 Å². The quantitative estimate of drug-likeness (QED) is 0.0217. The van der Waals surface area contributed by atoms with Crippen LogP contribution in [0, 0.1) is 10.8 Å². The third-order valence-corrected chi connectivity index (χ3v) is 18.5. The Morgan fingerprint density at radius 2 is 0.714 bits per heavy atom. The molecule has 0 saturated carbocycles. The molecule has 2 fully saturated rings. The van der Waals surface area contributed by atoms with Crippen LogP contribution >= 0.6 is 0 Å². The fourth-order valence-corrected chi connectivity index (χ4v) is 12.1. The van der Waals surface area contributed by atoms with E-state index in [0.717, 1.165) is 161 Å². The molecular formula is C84H82O14. The largest absolute Gasteiger partial charge is 0.494 e. The molecule has 10 aromatic rings. The third-order valence-electron chi connectivity index (χ3n) is 18.5. The molecule has 14 nitrogen and oxygen atoms in total. The van der Waals surface area contributed by atoms with Crippen LogP contribution in [0.1, 0.15) is 119 Å². The van der Waals surface area contributed by atoms with Gasteiger partial charge in [0.15, 0.2) is 0 Å². The van der Waals surface area contributed by atoms with E-state index in [1.807, 2.05) is 115 Å². The van der Waals surface area contributed by atoms with Crippen molar-refractivity contribution in [1.29, 1.82) is 0 Å². The fourth-order valence-electron chi connectivity index (χ4n) is 12.1. The van der Waals surface area contributed by atoms with Crippen molar-refractivity contribution in [2.45, 2.75) is 78.1 Å². The number of esters is 4.